The first-order valence-electron chi connectivity index (χ1n) is 8.75. The lowest BCUT2D eigenvalue weighted by Gasteiger charge is -2.08. The predicted molar refractivity (Wildman–Crippen MR) is 101 cm³/mol. The quantitative estimate of drug-likeness (QED) is 0.375. The molecule has 0 saturated carbocycles. The molecule has 26 heavy (non-hydrogen) atoms. The van der Waals surface area contributed by atoms with Gasteiger partial charge in [0.15, 0.2) is 0 Å². The van der Waals surface area contributed by atoms with Crippen molar-refractivity contribution in [2.24, 2.45) is 0 Å². The van der Waals surface area contributed by atoms with Crippen LogP contribution in [0.1, 0.15) is 29.7 Å². The van der Waals surface area contributed by atoms with Gasteiger partial charge >= 0.3 is 5.63 Å². The molecule has 4 aromatic rings. The van der Waals surface area contributed by atoms with Crippen LogP contribution in [0.3, 0.4) is 0 Å². The van der Waals surface area contributed by atoms with E-state index < -0.39 is 0 Å². The molecule has 0 unspecified atom stereocenters. The summed E-state index contributed by atoms with van der Waals surface area (Å²) in [7, 11) is 0. The fourth-order valence-corrected chi connectivity index (χ4v) is 4.75. The molecular weight excluding hydrogens is 348 g/mol. The Morgan fingerprint density at radius 2 is 1.92 bits per heavy atom. The van der Waals surface area contributed by atoms with Crippen molar-refractivity contribution < 1.29 is 9.15 Å². The zero-order valence-electron chi connectivity index (χ0n) is 14.0. The lowest BCUT2D eigenvalue weighted by atomic mass is 10.1. The van der Waals surface area contributed by atoms with Gasteiger partial charge in [0.25, 0.3) is 0 Å². The maximum Gasteiger partial charge on any atom is 0.336 e. The van der Waals surface area contributed by atoms with Gasteiger partial charge in [0.2, 0.25) is 5.88 Å². The molecule has 0 saturated heterocycles. The largest absolute Gasteiger partial charge is 0.438 e. The van der Waals surface area contributed by atoms with Crippen molar-refractivity contribution in [3.05, 3.63) is 57.5 Å². The molecule has 6 heteroatoms. The van der Waals surface area contributed by atoms with Crippen molar-refractivity contribution in [1.82, 2.24) is 9.97 Å². The third-order valence-electron chi connectivity index (χ3n) is 4.78. The van der Waals surface area contributed by atoms with Gasteiger partial charge in [-0.05, 0) is 49.4 Å². The van der Waals surface area contributed by atoms with E-state index in [0.29, 0.717) is 17.2 Å². The standard InChI is InChI=1S/C20H16N2O3S/c23-17-9-7-12-6-8-13(10-15(12)25-17)24-19-18-14-4-2-1-3-5-16(14)26-20(18)22-11-21-19/h6-11H,1-5H2. The van der Waals surface area contributed by atoms with Gasteiger partial charge in [-0.2, -0.15) is 0 Å². The zero-order chi connectivity index (χ0) is 17.5. The van der Waals surface area contributed by atoms with Crippen molar-refractivity contribution in [2.75, 3.05) is 0 Å². The minimum Gasteiger partial charge on any atom is -0.438 e. The van der Waals surface area contributed by atoms with Gasteiger partial charge in [0.1, 0.15) is 22.5 Å². The normalized spacial score (nSPS) is 14.3. The number of hydrogen-bond acceptors (Lipinski definition) is 6. The van der Waals surface area contributed by atoms with Gasteiger partial charge in [0, 0.05) is 22.4 Å². The number of rotatable bonds is 2. The molecule has 3 aromatic heterocycles. The Bertz CT molecular complexity index is 1180. The SMILES string of the molecule is O=c1ccc2ccc(Oc3ncnc4sc5c(c34)CCCCC5)cc2o1. The average molecular weight is 364 g/mol. The highest BCUT2D eigenvalue weighted by molar-refractivity contribution is 7.18. The van der Waals surface area contributed by atoms with Crippen molar-refractivity contribution in [3.8, 4) is 11.6 Å². The summed E-state index contributed by atoms with van der Waals surface area (Å²) >= 11 is 1.75. The summed E-state index contributed by atoms with van der Waals surface area (Å²) in [6.45, 7) is 0. The Kier molecular flexibility index (Phi) is 3.71. The molecule has 1 aliphatic rings. The molecule has 0 N–H and O–H groups in total. The topological polar surface area (TPSA) is 65.2 Å². The number of ether oxygens (including phenoxy) is 1. The highest BCUT2D eigenvalue weighted by Crippen LogP contribution is 2.39. The number of benzene rings is 1. The van der Waals surface area contributed by atoms with Gasteiger partial charge in [-0.1, -0.05) is 6.42 Å². The maximum absolute atomic E-state index is 11.5. The molecule has 0 spiro atoms. The fourth-order valence-electron chi connectivity index (χ4n) is 3.53. The molecule has 5 nitrogen and oxygen atoms in total. The predicted octanol–water partition coefficient (Wildman–Crippen LogP) is 4.86. The Morgan fingerprint density at radius 1 is 1.04 bits per heavy atom. The van der Waals surface area contributed by atoms with Crippen LogP contribution in [0, 0.1) is 0 Å². The van der Waals surface area contributed by atoms with Crippen LogP contribution in [0.5, 0.6) is 11.6 Å². The fraction of sp³-hybridized carbons (Fsp3) is 0.250. The monoisotopic (exact) mass is 364 g/mol. The lowest BCUT2D eigenvalue weighted by molar-refractivity contribution is 0.466. The van der Waals surface area contributed by atoms with Crippen LogP contribution in [0.2, 0.25) is 0 Å². The first-order valence-corrected chi connectivity index (χ1v) is 9.56. The van der Waals surface area contributed by atoms with Crippen molar-refractivity contribution in [2.45, 2.75) is 32.1 Å². The Morgan fingerprint density at radius 3 is 2.88 bits per heavy atom. The molecule has 1 aromatic carbocycles. The highest BCUT2D eigenvalue weighted by Gasteiger charge is 2.20. The molecule has 5 rings (SSSR count). The molecule has 0 radical (unpaired) electrons. The van der Waals surface area contributed by atoms with Crippen molar-refractivity contribution in [1.29, 1.82) is 0 Å². The molecular formula is C20H16N2O3S. The number of aromatic nitrogens is 2. The highest BCUT2D eigenvalue weighted by atomic mass is 32.1. The Hall–Kier alpha value is -2.73. The van der Waals surface area contributed by atoms with E-state index in [1.807, 2.05) is 12.1 Å². The molecule has 1 aliphatic carbocycles. The van der Waals surface area contributed by atoms with Crippen LogP contribution in [-0.4, -0.2) is 9.97 Å². The number of fused-ring (bicyclic) bond motifs is 4. The third-order valence-corrected chi connectivity index (χ3v) is 5.98. The van der Waals surface area contributed by atoms with E-state index in [0.717, 1.165) is 28.4 Å². The third kappa shape index (κ3) is 2.66. The number of nitrogens with zero attached hydrogens (tertiary/aromatic N) is 2. The smallest absolute Gasteiger partial charge is 0.336 e. The zero-order valence-corrected chi connectivity index (χ0v) is 14.8. The summed E-state index contributed by atoms with van der Waals surface area (Å²) in [6, 6.07) is 8.63. The minimum atomic E-state index is -0.373. The molecule has 0 amide bonds. The minimum absolute atomic E-state index is 0.373. The van der Waals surface area contributed by atoms with Gasteiger partial charge in [-0.15, -0.1) is 11.3 Å². The van der Waals surface area contributed by atoms with Crippen LogP contribution in [0.25, 0.3) is 21.2 Å². The second kappa shape index (κ2) is 6.21. The average Bonchev–Trinajstić information content (AvgIpc) is 2.84. The van der Waals surface area contributed by atoms with Gasteiger partial charge in [0.05, 0.1) is 5.39 Å². The summed E-state index contributed by atoms with van der Waals surface area (Å²) in [6.07, 6.45) is 7.38. The number of thiophene rings is 1. The Balaban J connectivity index is 1.61. The van der Waals surface area contributed by atoms with E-state index in [1.54, 1.807) is 29.8 Å². The van der Waals surface area contributed by atoms with E-state index in [9.17, 15) is 4.79 Å². The molecule has 0 aliphatic heterocycles. The molecule has 0 bridgehead atoms. The first kappa shape index (κ1) is 15.5. The van der Waals surface area contributed by atoms with Crippen LogP contribution >= 0.6 is 11.3 Å². The molecule has 3 heterocycles. The maximum atomic E-state index is 11.5. The van der Waals surface area contributed by atoms with Crippen molar-refractivity contribution >= 4 is 32.5 Å². The van der Waals surface area contributed by atoms with Gasteiger partial charge in [-0.3, -0.25) is 0 Å². The van der Waals surface area contributed by atoms with Crippen LogP contribution in [-0.2, 0) is 12.8 Å². The molecule has 130 valence electrons. The Labute approximate surface area is 153 Å². The second-order valence-electron chi connectivity index (χ2n) is 6.48. The number of aryl methyl sites for hydroxylation is 2. The van der Waals surface area contributed by atoms with Crippen molar-refractivity contribution in [3.63, 3.8) is 0 Å². The summed E-state index contributed by atoms with van der Waals surface area (Å²) in [5, 5.41) is 1.89. The van der Waals surface area contributed by atoms with Crippen LogP contribution in [0.4, 0.5) is 0 Å². The summed E-state index contributed by atoms with van der Waals surface area (Å²) in [4.78, 5) is 22.7. The van der Waals surface area contributed by atoms with Crippen LogP contribution < -0.4 is 10.4 Å². The first-order chi connectivity index (χ1) is 12.8. The van der Waals surface area contributed by atoms with E-state index in [1.165, 1.54) is 35.8 Å². The van der Waals surface area contributed by atoms with Gasteiger partial charge in [-0.25, -0.2) is 14.8 Å². The van der Waals surface area contributed by atoms with Crippen LogP contribution in [0.15, 0.2) is 45.9 Å². The summed E-state index contributed by atoms with van der Waals surface area (Å²) in [5.41, 5.74) is 1.47. The summed E-state index contributed by atoms with van der Waals surface area (Å²) < 4.78 is 11.4. The van der Waals surface area contributed by atoms with E-state index in [2.05, 4.69) is 9.97 Å². The molecule has 0 fully saturated rings. The van der Waals surface area contributed by atoms with E-state index in [-0.39, 0.29) is 5.63 Å². The number of hydrogen-bond donors (Lipinski definition) is 0. The lowest BCUT2D eigenvalue weighted by Crippen LogP contribution is -1.95. The van der Waals surface area contributed by atoms with Gasteiger partial charge < -0.3 is 9.15 Å². The van der Waals surface area contributed by atoms with E-state index >= 15 is 0 Å². The molecule has 0 atom stereocenters. The second-order valence-corrected chi connectivity index (χ2v) is 7.56. The van der Waals surface area contributed by atoms with E-state index in [4.69, 9.17) is 9.15 Å². The summed E-state index contributed by atoms with van der Waals surface area (Å²) in [5.74, 6) is 1.17.